The van der Waals surface area contributed by atoms with Crippen LogP contribution in [-0.4, -0.2) is 56.0 Å². The second kappa shape index (κ2) is 9.70. The first-order valence-corrected chi connectivity index (χ1v) is 9.75. The fraction of sp³-hybridized carbons (Fsp3) is 0.353. The number of carboxylic acids is 1. The maximum atomic E-state index is 11.7. The summed E-state index contributed by atoms with van der Waals surface area (Å²) < 4.78 is 38.8. The lowest BCUT2D eigenvalue weighted by molar-refractivity contribution is -0.192. The van der Waals surface area contributed by atoms with E-state index in [1.54, 1.807) is 6.20 Å². The zero-order chi connectivity index (χ0) is 22.4. The summed E-state index contributed by atoms with van der Waals surface area (Å²) in [6.45, 7) is 2.43. The van der Waals surface area contributed by atoms with E-state index in [9.17, 15) is 18.0 Å². The van der Waals surface area contributed by atoms with Gasteiger partial charge in [0.2, 0.25) is 16.0 Å². The Labute approximate surface area is 176 Å². The first kappa shape index (κ1) is 22.4. The van der Waals surface area contributed by atoms with Crippen LogP contribution in [-0.2, 0) is 11.3 Å². The molecular weight excluding hydrogens is 441 g/mol. The third-order valence-corrected chi connectivity index (χ3v) is 4.84. The molecule has 31 heavy (non-hydrogen) atoms. The quantitative estimate of drug-likeness (QED) is 0.521. The van der Waals surface area contributed by atoms with Gasteiger partial charge >= 0.3 is 12.1 Å². The van der Waals surface area contributed by atoms with Crippen molar-refractivity contribution in [3.05, 3.63) is 46.5 Å². The minimum Gasteiger partial charge on any atom is -0.475 e. The summed E-state index contributed by atoms with van der Waals surface area (Å²) in [5.74, 6) is -2.12. The lowest BCUT2D eigenvalue weighted by Gasteiger charge is -2.11. The van der Waals surface area contributed by atoms with Gasteiger partial charge in [-0.1, -0.05) is 17.4 Å². The summed E-state index contributed by atoms with van der Waals surface area (Å²) in [6.07, 6.45) is -0.601. The Balaban J connectivity index is 0.000000339. The van der Waals surface area contributed by atoms with Crippen molar-refractivity contribution in [1.29, 1.82) is 0 Å². The molecule has 166 valence electrons. The number of aromatic nitrogens is 4. The van der Waals surface area contributed by atoms with Crippen molar-refractivity contribution in [3.63, 3.8) is 0 Å². The van der Waals surface area contributed by atoms with E-state index >= 15 is 0 Å². The molecule has 4 rings (SSSR count). The first-order chi connectivity index (χ1) is 14.7. The Kier molecular flexibility index (Phi) is 7.02. The maximum absolute atomic E-state index is 11.7. The average molecular weight is 458 g/mol. The number of carbonyl (C=O) groups is 1. The molecule has 3 aromatic rings. The predicted octanol–water partition coefficient (Wildman–Crippen LogP) is 1.53. The van der Waals surface area contributed by atoms with Gasteiger partial charge < -0.3 is 20.5 Å². The molecule has 0 aliphatic carbocycles. The zero-order valence-corrected chi connectivity index (χ0v) is 16.6. The highest BCUT2D eigenvalue weighted by Crippen LogP contribution is 2.18. The molecule has 1 aliphatic rings. The maximum Gasteiger partial charge on any atom is 0.490 e. The van der Waals surface area contributed by atoms with Gasteiger partial charge in [-0.2, -0.15) is 17.7 Å². The topological polar surface area (TPSA) is 131 Å². The van der Waals surface area contributed by atoms with Crippen LogP contribution < -0.4 is 20.9 Å². The molecule has 4 heterocycles. The van der Waals surface area contributed by atoms with Gasteiger partial charge in [-0.15, -0.1) is 5.10 Å². The van der Waals surface area contributed by atoms with Gasteiger partial charge in [0.05, 0.1) is 0 Å². The summed E-state index contributed by atoms with van der Waals surface area (Å²) in [7, 11) is 0. The van der Waals surface area contributed by atoms with Crippen LogP contribution in [0.1, 0.15) is 12.0 Å². The molecule has 10 nitrogen and oxygen atoms in total. The van der Waals surface area contributed by atoms with Crippen LogP contribution in [0.5, 0.6) is 5.88 Å². The van der Waals surface area contributed by atoms with E-state index in [0.717, 1.165) is 25.1 Å². The van der Waals surface area contributed by atoms with Gasteiger partial charge in [0.1, 0.15) is 6.10 Å². The monoisotopic (exact) mass is 458 g/mol. The number of alkyl halides is 3. The van der Waals surface area contributed by atoms with E-state index < -0.39 is 12.1 Å². The molecule has 0 spiro atoms. The molecule has 3 N–H and O–H groups in total. The number of hydrogen-bond donors (Lipinski definition) is 3. The minimum absolute atomic E-state index is 0.186. The highest BCUT2D eigenvalue weighted by molar-refractivity contribution is 7.20. The Hall–Kier alpha value is -3.26. The molecule has 1 aliphatic heterocycles. The molecular formula is C17H17F3N6O4S. The van der Waals surface area contributed by atoms with E-state index in [1.165, 1.54) is 28.1 Å². The number of anilines is 1. The number of pyridine rings is 1. The lowest BCUT2D eigenvalue weighted by Crippen LogP contribution is -2.21. The van der Waals surface area contributed by atoms with Crippen molar-refractivity contribution in [3.8, 4) is 5.88 Å². The number of hydrogen-bond acceptors (Lipinski definition) is 9. The predicted molar refractivity (Wildman–Crippen MR) is 104 cm³/mol. The Morgan fingerprint density at radius 1 is 1.35 bits per heavy atom. The summed E-state index contributed by atoms with van der Waals surface area (Å²) in [6, 6.07) is 5.23. The number of nitrogens with one attached hydrogen (secondary N) is 2. The number of halogens is 3. The van der Waals surface area contributed by atoms with Crippen molar-refractivity contribution in [2.75, 3.05) is 18.4 Å². The molecule has 1 atom stereocenters. The van der Waals surface area contributed by atoms with Crippen molar-refractivity contribution in [2.24, 2.45) is 0 Å². The molecule has 1 saturated heterocycles. The second-order valence-corrected chi connectivity index (χ2v) is 7.23. The number of rotatable bonds is 5. The molecule has 0 aromatic carbocycles. The van der Waals surface area contributed by atoms with Crippen LogP contribution in [0.4, 0.5) is 18.3 Å². The normalized spacial score (nSPS) is 15.9. The molecule has 0 amide bonds. The van der Waals surface area contributed by atoms with Crippen molar-refractivity contribution in [2.45, 2.75) is 25.2 Å². The lowest BCUT2D eigenvalue weighted by atomic mass is 10.3. The summed E-state index contributed by atoms with van der Waals surface area (Å²) in [5, 5.41) is 18.4. The molecule has 1 fully saturated rings. The third kappa shape index (κ3) is 6.36. The van der Waals surface area contributed by atoms with Crippen molar-refractivity contribution in [1.82, 2.24) is 24.9 Å². The van der Waals surface area contributed by atoms with E-state index in [4.69, 9.17) is 14.6 Å². The highest BCUT2D eigenvalue weighted by Gasteiger charge is 2.38. The van der Waals surface area contributed by atoms with E-state index in [-0.39, 0.29) is 11.7 Å². The van der Waals surface area contributed by atoms with Gasteiger partial charge in [0.15, 0.2) is 0 Å². The number of nitrogens with zero attached hydrogens (tertiary/aromatic N) is 4. The van der Waals surface area contributed by atoms with E-state index in [1.807, 2.05) is 12.1 Å². The fourth-order valence-electron chi connectivity index (χ4n) is 2.48. The number of ether oxygens (including phenoxy) is 1. The van der Waals surface area contributed by atoms with Gasteiger partial charge in [-0.25, -0.2) is 14.8 Å². The van der Waals surface area contributed by atoms with Gasteiger partial charge in [-0.05, 0) is 18.5 Å². The minimum atomic E-state index is -5.08. The van der Waals surface area contributed by atoms with Crippen molar-refractivity contribution < 1.29 is 27.8 Å². The molecule has 0 saturated carbocycles. The Morgan fingerprint density at radius 2 is 2.13 bits per heavy atom. The molecule has 0 radical (unpaired) electrons. The van der Waals surface area contributed by atoms with E-state index in [0.29, 0.717) is 22.5 Å². The Bertz CT molecular complexity index is 1080. The summed E-state index contributed by atoms with van der Waals surface area (Å²) >= 11 is 1.33. The van der Waals surface area contributed by atoms with Crippen molar-refractivity contribution >= 4 is 27.4 Å². The standard InChI is InChI=1S/C15H16N6O2S.C2HF3O2/c22-13-4-6-17-15-21(13)20-14(24-15)19-8-10-1-2-12(18-7-10)23-11-3-5-16-9-11;3-2(4,5)1(6)7/h1-2,4,6-7,11,16H,3,5,8-9H2,(H,19,20);(H,6,7). The van der Waals surface area contributed by atoms with Crippen LogP contribution >= 0.6 is 11.3 Å². The smallest absolute Gasteiger partial charge is 0.475 e. The molecule has 1 unspecified atom stereocenters. The first-order valence-electron chi connectivity index (χ1n) is 8.93. The van der Waals surface area contributed by atoms with Crippen LogP contribution in [0.3, 0.4) is 0 Å². The van der Waals surface area contributed by atoms with Gasteiger partial charge in [-0.3, -0.25) is 4.79 Å². The largest absolute Gasteiger partial charge is 0.490 e. The molecule has 14 heteroatoms. The molecule has 3 aromatic heterocycles. The van der Waals surface area contributed by atoms with Crippen LogP contribution in [0.2, 0.25) is 0 Å². The van der Waals surface area contributed by atoms with E-state index in [2.05, 4.69) is 25.7 Å². The fourth-order valence-corrected chi connectivity index (χ4v) is 3.25. The number of carboxylic acid groups (broad SMARTS) is 1. The Morgan fingerprint density at radius 3 is 2.71 bits per heavy atom. The van der Waals surface area contributed by atoms with Crippen LogP contribution in [0.25, 0.3) is 4.96 Å². The SMILES string of the molecule is O=C(O)C(F)(F)F.O=c1ccnc2sc(NCc3ccc(OC4CCNC4)nc3)nn12. The third-order valence-electron chi connectivity index (χ3n) is 3.96. The highest BCUT2D eigenvalue weighted by atomic mass is 32.1. The van der Waals surface area contributed by atoms with Gasteiger partial charge in [0.25, 0.3) is 5.56 Å². The summed E-state index contributed by atoms with van der Waals surface area (Å²) in [4.78, 5) is 29.6. The van der Waals surface area contributed by atoms with Crippen LogP contribution in [0.15, 0.2) is 35.4 Å². The second-order valence-electron chi connectivity index (χ2n) is 6.28. The number of fused-ring (bicyclic) bond motifs is 1. The van der Waals surface area contributed by atoms with Gasteiger partial charge in [0, 0.05) is 37.6 Å². The molecule has 0 bridgehead atoms. The zero-order valence-electron chi connectivity index (χ0n) is 15.8. The van der Waals surface area contributed by atoms with Crippen LogP contribution in [0, 0.1) is 0 Å². The number of aliphatic carboxylic acids is 1. The summed E-state index contributed by atoms with van der Waals surface area (Å²) in [5.41, 5.74) is 0.820. The average Bonchev–Trinajstić information content (AvgIpc) is 3.37.